The maximum absolute atomic E-state index is 4.89. The SMILES string of the molecule is CC1CC(C)n2nc(C3CCCCCC3)cc2N1. The van der Waals surface area contributed by atoms with Crippen molar-refractivity contribution in [1.82, 2.24) is 9.78 Å². The van der Waals surface area contributed by atoms with Gasteiger partial charge in [0.1, 0.15) is 5.82 Å². The Morgan fingerprint density at radius 1 is 1.17 bits per heavy atom. The molecule has 1 aromatic rings. The molecule has 2 atom stereocenters. The highest BCUT2D eigenvalue weighted by molar-refractivity contribution is 5.41. The zero-order valence-electron chi connectivity index (χ0n) is 11.7. The number of nitrogens with zero attached hydrogens (tertiary/aromatic N) is 2. The van der Waals surface area contributed by atoms with E-state index in [9.17, 15) is 0 Å². The van der Waals surface area contributed by atoms with Gasteiger partial charge in [-0.15, -0.1) is 0 Å². The van der Waals surface area contributed by atoms with Crippen LogP contribution in [0.4, 0.5) is 5.82 Å². The molecule has 2 heterocycles. The standard InChI is InChI=1S/C15H25N3/c1-11-9-12(2)18-15(16-11)10-14(17-18)13-7-5-3-4-6-8-13/h10-13,16H,3-9H2,1-2H3. The predicted octanol–water partition coefficient (Wildman–Crippen LogP) is 4.09. The quantitative estimate of drug-likeness (QED) is 0.758. The summed E-state index contributed by atoms with van der Waals surface area (Å²) in [4.78, 5) is 0. The maximum atomic E-state index is 4.89. The van der Waals surface area contributed by atoms with Gasteiger partial charge >= 0.3 is 0 Å². The van der Waals surface area contributed by atoms with E-state index in [4.69, 9.17) is 5.10 Å². The zero-order valence-corrected chi connectivity index (χ0v) is 11.7. The van der Waals surface area contributed by atoms with Gasteiger partial charge in [-0.2, -0.15) is 5.10 Å². The largest absolute Gasteiger partial charge is 0.368 e. The molecule has 1 N–H and O–H groups in total. The predicted molar refractivity (Wildman–Crippen MR) is 75.1 cm³/mol. The lowest BCUT2D eigenvalue weighted by atomic mass is 9.97. The Balaban J connectivity index is 1.83. The maximum Gasteiger partial charge on any atom is 0.125 e. The molecule has 0 aromatic carbocycles. The summed E-state index contributed by atoms with van der Waals surface area (Å²) in [6.45, 7) is 4.54. The van der Waals surface area contributed by atoms with Crippen LogP contribution in [0.25, 0.3) is 0 Å². The van der Waals surface area contributed by atoms with Gasteiger partial charge in [0, 0.05) is 18.0 Å². The van der Waals surface area contributed by atoms with Gasteiger partial charge in [-0.05, 0) is 33.1 Å². The summed E-state index contributed by atoms with van der Waals surface area (Å²) in [5.41, 5.74) is 1.33. The normalized spacial score (nSPS) is 29.4. The van der Waals surface area contributed by atoms with Crippen LogP contribution in [0.1, 0.15) is 76.4 Å². The average Bonchev–Trinajstić information content (AvgIpc) is 2.59. The lowest BCUT2D eigenvalue weighted by Gasteiger charge is -2.27. The minimum absolute atomic E-state index is 0.538. The third kappa shape index (κ3) is 2.27. The summed E-state index contributed by atoms with van der Waals surface area (Å²) < 4.78 is 2.21. The van der Waals surface area contributed by atoms with Gasteiger partial charge in [0.05, 0.1) is 11.7 Å². The molecule has 3 rings (SSSR count). The molecule has 18 heavy (non-hydrogen) atoms. The molecule has 0 amide bonds. The van der Waals surface area contributed by atoms with Crippen molar-refractivity contribution >= 4 is 5.82 Å². The van der Waals surface area contributed by atoms with Crippen molar-refractivity contribution in [2.45, 2.75) is 76.8 Å². The minimum atomic E-state index is 0.538. The molecular weight excluding hydrogens is 222 g/mol. The van der Waals surface area contributed by atoms with Crippen LogP contribution < -0.4 is 5.32 Å². The number of nitrogens with one attached hydrogen (secondary N) is 1. The minimum Gasteiger partial charge on any atom is -0.368 e. The van der Waals surface area contributed by atoms with E-state index >= 15 is 0 Å². The van der Waals surface area contributed by atoms with Crippen LogP contribution in [-0.4, -0.2) is 15.8 Å². The van der Waals surface area contributed by atoms with E-state index in [2.05, 4.69) is 29.9 Å². The van der Waals surface area contributed by atoms with Crippen molar-refractivity contribution in [3.8, 4) is 0 Å². The summed E-state index contributed by atoms with van der Waals surface area (Å²) in [5, 5.41) is 8.45. The number of fused-ring (bicyclic) bond motifs is 1. The van der Waals surface area contributed by atoms with Gasteiger partial charge in [-0.1, -0.05) is 25.7 Å². The summed E-state index contributed by atoms with van der Waals surface area (Å²) >= 11 is 0. The lowest BCUT2D eigenvalue weighted by molar-refractivity contribution is 0.407. The van der Waals surface area contributed by atoms with Crippen LogP contribution in [0.3, 0.4) is 0 Å². The fraction of sp³-hybridized carbons (Fsp3) is 0.800. The topological polar surface area (TPSA) is 29.9 Å². The highest BCUT2D eigenvalue weighted by Crippen LogP contribution is 2.35. The van der Waals surface area contributed by atoms with E-state index in [1.54, 1.807) is 0 Å². The third-order valence-corrected chi connectivity index (χ3v) is 4.53. The number of rotatable bonds is 1. The van der Waals surface area contributed by atoms with Crippen LogP contribution in [-0.2, 0) is 0 Å². The van der Waals surface area contributed by atoms with Gasteiger partial charge in [-0.3, -0.25) is 0 Å². The van der Waals surface area contributed by atoms with Gasteiger partial charge in [0.15, 0.2) is 0 Å². The second-order valence-electron chi connectivity index (χ2n) is 6.22. The third-order valence-electron chi connectivity index (χ3n) is 4.53. The van der Waals surface area contributed by atoms with Crippen molar-refractivity contribution in [3.05, 3.63) is 11.8 Å². The number of hydrogen-bond acceptors (Lipinski definition) is 2. The highest BCUT2D eigenvalue weighted by Gasteiger charge is 2.25. The molecule has 0 saturated heterocycles. The second kappa shape index (κ2) is 4.94. The molecule has 2 aliphatic rings. The van der Waals surface area contributed by atoms with E-state index in [0.717, 1.165) is 0 Å². The van der Waals surface area contributed by atoms with E-state index in [-0.39, 0.29) is 0 Å². The molecule has 1 saturated carbocycles. The molecule has 1 aromatic heterocycles. The summed E-state index contributed by atoms with van der Waals surface area (Å²) in [6.07, 6.45) is 9.43. The molecule has 2 unspecified atom stereocenters. The van der Waals surface area contributed by atoms with Gasteiger partial charge in [0.2, 0.25) is 0 Å². The Hall–Kier alpha value is -0.990. The van der Waals surface area contributed by atoms with Crippen LogP contribution in [0.5, 0.6) is 0 Å². The van der Waals surface area contributed by atoms with Crippen molar-refractivity contribution in [3.63, 3.8) is 0 Å². The molecule has 0 bridgehead atoms. The Bertz CT molecular complexity index is 402. The molecule has 1 fully saturated rings. The van der Waals surface area contributed by atoms with E-state index in [1.807, 2.05) is 0 Å². The van der Waals surface area contributed by atoms with Crippen molar-refractivity contribution in [1.29, 1.82) is 0 Å². The summed E-state index contributed by atoms with van der Waals surface area (Å²) in [7, 11) is 0. The summed E-state index contributed by atoms with van der Waals surface area (Å²) in [5.74, 6) is 1.94. The fourth-order valence-corrected chi connectivity index (χ4v) is 3.55. The first kappa shape index (κ1) is 12.1. The Kier molecular flexibility index (Phi) is 3.31. The molecule has 0 spiro atoms. The molecule has 100 valence electrons. The van der Waals surface area contributed by atoms with Crippen LogP contribution >= 0.6 is 0 Å². The molecule has 1 aliphatic heterocycles. The van der Waals surface area contributed by atoms with Crippen LogP contribution in [0.2, 0.25) is 0 Å². The van der Waals surface area contributed by atoms with E-state index in [0.29, 0.717) is 18.0 Å². The Labute approximate surface area is 110 Å². The first-order valence-electron chi connectivity index (χ1n) is 7.60. The fourth-order valence-electron chi connectivity index (χ4n) is 3.55. The first-order valence-corrected chi connectivity index (χ1v) is 7.60. The van der Waals surface area contributed by atoms with E-state index in [1.165, 1.54) is 56.5 Å². The van der Waals surface area contributed by atoms with Crippen LogP contribution in [0, 0.1) is 0 Å². The van der Waals surface area contributed by atoms with Crippen molar-refractivity contribution in [2.75, 3.05) is 5.32 Å². The average molecular weight is 247 g/mol. The van der Waals surface area contributed by atoms with Gasteiger partial charge < -0.3 is 5.32 Å². The second-order valence-corrected chi connectivity index (χ2v) is 6.22. The molecule has 0 radical (unpaired) electrons. The molecular formula is C15H25N3. The molecule has 1 aliphatic carbocycles. The first-order chi connectivity index (χ1) is 8.74. The van der Waals surface area contributed by atoms with Gasteiger partial charge in [0.25, 0.3) is 0 Å². The zero-order chi connectivity index (χ0) is 12.5. The van der Waals surface area contributed by atoms with Crippen molar-refractivity contribution in [2.24, 2.45) is 0 Å². The number of aromatic nitrogens is 2. The Morgan fingerprint density at radius 3 is 2.61 bits per heavy atom. The number of hydrogen-bond donors (Lipinski definition) is 1. The highest BCUT2D eigenvalue weighted by atomic mass is 15.4. The number of anilines is 1. The molecule has 3 heteroatoms. The van der Waals surface area contributed by atoms with Crippen LogP contribution in [0.15, 0.2) is 6.07 Å². The monoisotopic (exact) mass is 247 g/mol. The Morgan fingerprint density at radius 2 is 1.89 bits per heavy atom. The van der Waals surface area contributed by atoms with Gasteiger partial charge in [-0.25, -0.2) is 4.68 Å². The summed E-state index contributed by atoms with van der Waals surface area (Å²) in [6, 6.07) is 3.42. The lowest BCUT2D eigenvalue weighted by Crippen LogP contribution is -2.28. The van der Waals surface area contributed by atoms with Crippen molar-refractivity contribution < 1.29 is 0 Å². The van der Waals surface area contributed by atoms with E-state index < -0.39 is 0 Å². The molecule has 3 nitrogen and oxygen atoms in total. The smallest absolute Gasteiger partial charge is 0.125 e.